The van der Waals surface area contributed by atoms with Gasteiger partial charge in [-0.05, 0) is 107 Å². The summed E-state index contributed by atoms with van der Waals surface area (Å²) in [5.41, 5.74) is 7.92. The Morgan fingerprint density at radius 3 is 2.60 bits per heavy atom. The van der Waals surface area contributed by atoms with Crippen molar-refractivity contribution in [3.05, 3.63) is 128 Å². The lowest BCUT2D eigenvalue weighted by molar-refractivity contribution is 0.282. The second-order valence-electron chi connectivity index (χ2n) is 10.4. The molecule has 202 valence electrons. The Hall–Kier alpha value is -3.65. The van der Waals surface area contributed by atoms with E-state index in [0.717, 1.165) is 26.8 Å². The van der Waals surface area contributed by atoms with Gasteiger partial charge in [0.25, 0.3) is 0 Å². The first-order valence-corrected chi connectivity index (χ1v) is 14.5. The molecule has 0 unspecified atom stereocenters. The fourth-order valence-electron chi connectivity index (χ4n) is 5.65. The highest BCUT2D eigenvalue weighted by Gasteiger charge is 2.37. The fourth-order valence-corrected chi connectivity index (χ4v) is 6.43. The Morgan fingerprint density at radius 1 is 1.02 bits per heavy atom. The fraction of sp³-hybridized carbons (Fsp3) is 0.206. The average molecular weight is 645 g/mol. The van der Waals surface area contributed by atoms with Crippen LogP contribution >= 0.6 is 22.6 Å². The van der Waals surface area contributed by atoms with Crippen molar-refractivity contribution in [3.63, 3.8) is 0 Å². The second-order valence-corrected chi connectivity index (χ2v) is 11.5. The summed E-state index contributed by atoms with van der Waals surface area (Å²) in [6, 6.07) is 25.8. The molecule has 4 nitrogen and oxygen atoms in total. The van der Waals surface area contributed by atoms with Crippen LogP contribution in [-0.2, 0) is 6.61 Å². The number of allylic oxidation sites excluding steroid dienone is 2. The van der Waals surface area contributed by atoms with Crippen LogP contribution in [0, 0.1) is 22.2 Å². The van der Waals surface area contributed by atoms with Crippen molar-refractivity contribution in [2.45, 2.75) is 31.9 Å². The van der Waals surface area contributed by atoms with Gasteiger partial charge in [0, 0.05) is 17.8 Å². The zero-order chi connectivity index (χ0) is 27.6. The molecule has 0 radical (unpaired) electrons. The van der Waals surface area contributed by atoms with Crippen molar-refractivity contribution >= 4 is 40.2 Å². The summed E-state index contributed by atoms with van der Waals surface area (Å²) >= 11 is 2.24. The summed E-state index contributed by atoms with van der Waals surface area (Å²) in [7, 11) is 1.62. The van der Waals surface area contributed by atoms with Gasteiger partial charge in [-0.3, -0.25) is 4.99 Å². The van der Waals surface area contributed by atoms with Gasteiger partial charge in [0.2, 0.25) is 0 Å². The second kappa shape index (κ2) is 11.5. The molecule has 0 aromatic heterocycles. The Kier molecular flexibility index (Phi) is 7.61. The summed E-state index contributed by atoms with van der Waals surface area (Å²) in [4.78, 5) is 4.73. The first-order valence-electron chi connectivity index (χ1n) is 13.4. The molecule has 1 aliphatic heterocycles. The number of rotatable bonds is 7. The lowest BCUT2D eigenvalue weighted by atomic mass is 9.76. The van der Waals surface area contributed by atoms with Gasteiger partial charge in [-0.1, -0.05) is 54.1 Å². The van der Waals surface area contributed by atoms with E-state index >= 15 is 0 Å². The van der Waals surface area contributed by atoms with Gasteiger partial charge in [0.15, 0.2) is 11.5 Å². The number of halogens is 2. The van der Waals surface area contributed by atoms with E-state index in [4.69, 9.17) is 14.5 Å². The van der Waals surface area contributed by atoms with Crippen LogP contribution in [0.25, 0.3) is 0 Å². The molecule has 0 spiro atoms. The van der Waals surface area contributed by atoms with Gasteiger partial charge in [-0.25, -0.2) is 4.39 Å². The monoisotopic (exact) mass is 644 g/mol. The number of hydrogen-bond donors (Lipinski definition) is 1. The molecule has 0 amide bonds. The molecule has 1 N–H and O–H groups in total. The van der Waals surface area contributed by atoms with Crippen molar-refractivity contribution < 1.29 is 13.9 Å². The number of hydrogen-bond acceptors (Lipinski definition) is 4. The van der Waals surface area contributed by atoms with Crippen LogP contribution in [-0.4, -0.2) is 13.3 Å². The van der Waals surface area contributed by atoms with E-state index in [2.05, 4.69) is 89.4 Å². The highest BCUT2D eigenvalue weighted by Crippen LogP contribution is 2.50. The van der Waals surface area contributed by atoms with Gasteiger partial charge in [0.1, 0.15) is 12.4 Å². The van der Waals surface area contributed by atoms with E-state index in [1.165, 1.54) is 34.5 Å². The molecule has 0 saturated heterocycles. The van der Waals surface area contributed by atoms with Crippen LogP contribution in [0.2, 0.25) is 0 Å². The number of benzene rings is 4. The molecule has 2 aliphatic rings. The van der Waals surface area contributed by atoms with Crippen LogP contribution in [0.5, 0.6) is 11.5 Å². The minimum absolute atomic E-state index is 0.263. The Morgan fingerprint density at radius 2 is 1.82 bits per heavy atom. The third-order valence-corrected chi connectivity index (χ3v) is 8.48. The summed E-state index contributed by atoms with van der Waals surface area (Å²) in [5, 5.41) is 3.81. The highest BCUT2D eigenvalue weighted by molar-refractivity contribution is 14.1. The van der Waals surface area contributed by atoms with Crippen molar-refractivity contribution in [1.29, 1.82) is 0 Å². The molecule has 6 rings (SSSR count). The molecule has 6 heteroatoms. The van der Waals surface area contributed by atoms with Crippen LogP contribution in [0.15, 0.2) is 96.0 Å². The molecule has 0 saturated carbocycles. The average Bonchev–Trinajstić information content (AvgIpc) is 3.47. The molecular formula is C34H30FIN2O2. The summed E-state index contributed by atoms with van der Waals surface area (Å²) in [6.07, 6.45) is 7.64. The number of aryl methyl sites for hydroxylation is 1. The number of ether oxygens (including phenoxy) is 2. The van der Waals surface area contributed by atoms with Crippen molar-refractivity contribution in [2.75, 3.05) is 12.4 Å². The quantitative estimate of drug-likeness (QED) is 0.124. The predicted octanol–water partition coefficient (Wildman–Crippen LogP) is 8.90. The molecule has 4 aromatic carbocycles. The number of anilines is 1. The number of nitrogens with one attached hydrogen (secondary N) is 1. The third-order valence-electron chi connectivity index (χ3n) is 7.68. The number of methoxy groups -OCH3 is 1. The standard InChI is InChI=1S/C34H30FIN2O2/c1-21-6-15-31-29(16-21)27-4-3-5-28(27)33(38-31)24-9-13-26(14-10-24)37-19-23-17-30(36)34(32(18-23)39-2)40-20-22-7-11-25(35)12-8-22/h3-4,6-19,27-28,33,38H,5,20H2,1-2H3/t27-,28-,33-/m0/s1. The van der Waals surface area contributed by atoms with Gasteiger partial charge < -0.3 is 14.8 Å². The van der Waals surface area contributed by atoms with E-state index in [1.54, 1.807) is 19.2 Å². The maximum Gasteiger partial charge on any atom is 0.174 e. The minimum atomic E-state index is -0.263. The lowest BCUT2D eigenvalue weighted by Crippen LogP contribution is -2.29. The Labute approximate surface area is 248 Å². The Balaban J connectivity index is 1.16. The van der Waals surface area contributed by atoms with E-state index < -0.39 is 0 Å². The molecule has 40 heavy (non-hydrogen) atoms. The summed E-state index contributed by atoms with van der Waals surface area (Å²) < 4.78 is 25.7. The maximum atomic E-state index is 13.2. The van der Waals surface area contributed by atoms with E-state index in [-0.39, 0.29) is 11.9 Å². The van der Waals surface area contributed by atoms with Crippen molar-refractivity contribution in [1.82, 2.24) is 0 Å². The molecule has 0 bridgehead atoms. The first-order chi connectivity index (χ1) is 19.5. The zero-order valence-electron chi connectivity index (χ0n) is 22.4. The minimum Gasteiger partial charge on any atom is -0.493 e. The largest absolute Gasteiger partial charge is 0.493 e. The normalized spacial score (nSPS) is 19.2. The molecule has 3 atom stereocenters. The summed E-state index contributed by atoms with van der Waals surface area (Å²) in [6.45, 7) is 2.49. The molecule has 4 aromatic rings. The predicted molar refractivity (Wildman–Crippen MR) is 168 cm³/mol. The molecule has 1 heterocycles. The smallest absolute Gasteiger partial charge is 0.174 e. The number of nitrogens with zero attached hydrogens (tertiary/aromatic N) is 1. The van der Waals surface area contributed by atoms with Crippen LogP contribution < -0.4 is 14.8 Å². The molecule has 1 aliphatic carbocycles. The topological polar surface area (TPSA) is 42.8 Å². The Bertz CT molecular complexity index is 1580. The van der Waals surface area contributed by atoms with Crippen molar-refractivity contribution in [2.24, 2.45) is 10.9 Å². The van der Waals surface area contributed by atoms with E-state index in [9.17, 15) is 4.39 Å². The van der Waals surface area contributed by atoms with Gasteiger partial charge >= 0.3 is 0 Å². The first kappa shape index (κ1) is 26.6. The highest BCUT2D eigenvalue weighted by atomic mass is 127. The lowest BCUT2D eigenvalue weighted by Gasteiger charge is -2.37. The third kappa shape index (κ3) is 5.50. The molecule has 0 fully saturated rings. The number of aliphatic imine (C=N–C) groups is 1. The van der Waals surface area contributed by atoms with Gasteiger partial charge in [0.05, 0.1) is 22.4 Å². The zero-order valence-corrected chi connectivity index (χ0v) is 24.6. The van der Waals surface area contributed by atoms with Crippen LogP contribution in [0.3, 0.4) is 0 Å². The van der Waals surface area contributed by atoms with Gasteiger partial charge in [-0.2, -0.15) is 0 Å². The molecular weight excluding hydrogens is 614 g/mol. The van der Waals surface area contributed by atoms with Crippen LogP contribution in [0.4, 0.5) is 15.8 Å². The van der Waals surface area contributed by atoms with E-state index in [0.29, 0.717) is 29.9 Å². The van der Waals surface area contributed by atoms with Crippen LogP contribution in [0.1, 0.15) is 46.2 Å². The van der Waals surface area contributed by atoms with Crippen molar-refractivity contribution in [3.8, 4) is 11.5 Å². The van der Waals surface area contributed by atoms with Gasteiger partial charge in [-0.15, -0.1) is 0 Å². The summed E-state index contributed by atoms with van der Waals surface area (Å²) in [5.74, 6) is 2.00. The van der Waals surface area contributed by atoms with E-state index in [1.807, 2.05) is 18.3 Å². The SMILES string of the molecule is COc1cc(C=Nc2ccc([C@@H]3Nc4ccc(C)cc4[C@H]4C=CC[C@@H]43)cc2)cc(I)c1OCc1ccc(F)cc1. The maximum absolute atomic E-state index is 13.2. The number of fused-ring (bicyclic) bond motifs is 3.